The molecule has 10 heteroatoms. The fraction of sp³-hybridized carbons (Fsp3) is 0.333. The van der Waals surface area contributed by atoms with Crippen LogP contribution >= 0.6 is 11.6 Å². The van der Waals surface area contributed by atoms with Crippen LogP contribution in [0.4, 0.5) is 10.2 Å². The predicted octanol–water partition coefficient (Wildman–Crippen LogP) is 1.33. The van der Waals surface area contributed by atoms with Gasteiger partial charge in [-0.15, -0.1) is 0 Å². The lowest BCUT2D eigenvalue weighted by molar-refractivity contribution is -0.135. The van der Waals surface area contributed by atoms with Crippen molar-refractivity contribution in [1.82, 2.24) is 14.5 Å². The van der Waals surface area contributed by atoms with Gasteiger partial charge in [-0.1, -0.05) is 17.7 Å². The summed E-state index contributed by atoms with van der Waals surface area (Å²) in [6.45, 7) is 1.37. The van der Waals surface area contributed by atoms with Gasteiger partial charge in [-0.05, 0) is 30.7 Å². The lowest BCUT2D eigenvalue weighted by Crippen LogP contribution is -2.45. The molecule has 28 heavy (non-hydrogen) atoms. The van der Waals surface area contributed by atoms with E-state index in [9.17, 15) is 19.7 Å². The Kier molecular flexibility index (Phi) is 4.52. The quantitative estimate of drug-likeness (QED) is 0.515. The molecule has 0 aliphatic carbocycles. The van der Waals surface area contributed by atoms with E-state index in [0.717, 1.165) is 6.07 Å². The molecule has 8 nitrogen and oxygen atoms in total. The van der Waals surface area contributed by atoms with Gasteiger partial charge in [0.1, 0.15) is 47.5 Å². The number of hydrogen-bond acceptors (Lipinski definition) is 7. The largest absolute Gasteiger partial charge is 0.387 e. The molecule has 5 atom stereocenters. The molecule has 1 aromatic carbocycles. The fourth-order valence-electron chi connectivity index (χ4n) is 3.53. The van der Waals surface area contributed by atoms with E-state index in [2.05, 4.69) is 9.97 Å². The van der Waals surface area contributed by atoms with Crippen molar-refractivity contribution in [1.29, 1.82) is 0 Å². The van der Waals surface area contributed by atoms with Gasteiger partial charge in [0.15, 0.2) is 6.23 Å². The first-order valence-corrected chi connectivity index (χ1v) is 8.86. The van der Waals surface area contributed by atoms with Gasteiger partial charge in [0, 0.05) is 6.20 Å². The van der Waals surface area contributed by atoms with Gasteiger partial charge in [-0.2, -0.15) is 0 Å². The minimum Gasteiger partial charge on any atom is -0.387 e. The van der Waals surface area contributed by atoms with Crippen molar-refractivity contribution in [3.63, 3.8) is 0 Å². The van der Waals surface area contributed by atoms with Crippen LogP contribution in [-0.2, 0) is 10.3 Å². The van der Waals surface area contributed by atoms with Crippen LogP contribution in [0.3, 0.4) is 0 Å². The average Bonchev–Trinajstić information content (AvgIpc) is 3.20. The van der Waals surface area contributed by atoms with Crippen LogP contribution in [0.1, 0.15) is 18.7 Å². The summed E-state index contributed by atoms with van der Waals surface area (Å²) in [7, 11) is 0. The van der Waals surface area contributed by atoms with Crippen molar-refractivity contribution >= 4 is 28.5 Å². The summed E-state index contributed by atoms with van der Waals surface area (Å²) in [5.74, 6) is -0.454. The summed E-state index contributed by atoms with van der Waals surface area (Å²) >= 11 is 5.70. The van der Waals surface area contributed by atoms with Crippen LogP contribution in [0.5, 0.6) is 0 Å². The zero-order chi connectivity index (χ0) is 20.2. The Morgan fingerprint density at radius 1 is 1.25 bits per heavy atom. The zero-order valence-electron chi connectivity index (χ0n) is 14.7. The molecule has 2 aromatic heterocycles. The molecule has 0 spiro atoms. The highest BCUT2D eigenvalue weighted by Gasteiger charge is 2.52. The van der Waals surface area contributed by atoms with Crippen molar-refractivity contribution < 1.29 is 24.4 Å². The molecule has 4 rings (SSSR count). The highest BCUT2D eigenvalue weighted by molar-refractivity contribution is 6.30. The lowest BCUT2D eigenvalue weighted by atomic mass is 9.86. The number of hydrogen-bond donors (Lipinski definition) is 4. The van der Waals surface area contributed by atoms with Crippen molar-refractivity contribution in [3.05, 3.63) is 53.2 Å². The third kappa shape index (κ3) is 2.83. The third-order valence-corrected chi connectivity index (χ3v) is 5.42. The monoisotopic (exact) mass is 408 g/mol. The van der Waals surface area contributed by atoms with Gasteiger partial charge >= 0.3 is 0 Å². The molecule has 0 saturated carbocycles. The third-order valence-electron chi connectivity index (χ3n) is 5.11. The topological polar surface area (TPSA) is 127 Å². The predicted molar refractivity (Wildman–Crippen MR) is 98.8 cm³/mol. The molecule has 5 N–H and O–H groups in total. The van der Waals surface area contributed by atoms with E-state index >= 15 is 0 Å². The summed E-state index contributed by atoms with van der Waals surface area (Å²) in [6, 6.07) is 5.46. The summed E-state index contributed by atoms with van der Waals surface area (Å²) in [6.07, 6.45) is -2.25. The van der Waals surface area contributed by atoms with Crippen LogP contribution < -0.4 is 5.73 Å². The Morgan fingerprint density at radius 2 is 2.00 bits per heavy atom. The lowest BCUT2D eigenvalue weighted by Gasteiger charge is -2.32. The Balaban J connectivity index is 1.71. The van der Waals surface area contributed by atoms with Crippen molar-refractivity contribution in [2.45, 2.75) is 37.1 Å². The maximum Gasteiger partial charge on any atom is 0.164 e. The molecular weight excluding hydrogens is 391 g/mol. The Bertz CT molecular complexity index is 1040. The Hall–Kier alpha value is -2.30. The van der Waals surface area contributed by atoms with E-state index in [4.69, 9.17) is 22.1 Å². The summed E-state index contributed by atoms with van der Waals surface area (Å²) < 4.78 is 21.2. The number of nitrogens with two attached hydrogens (primary N) is 1. The number of benzene rings is 1. The van der Waals surface area contributed by atoms with E-state index in [1.807, 2.05) is 0 Å². The summed E-state index contributed by atoms with van der Waals surface area (Å²) in [5.41, 5.74) is 4.57. The van der Waals surface area contributed by atoms with Crippen molar-refractivity contribution in [2.24, 2.45) is 0 Å². The van der Waals surface area contributed by atoms with E-state index in [0.29, 0.717) is 11.0 Å². The van der Waals surface area contributed by atoms with E-state index in [1.165, 1.54) is 30.0 Å². The van der Waals surface area contributed by atoms with Crippen LogP contribution in [0.15, 0.2) is 36.8 Å². The van der Waals surface area contributed by atoms with Crippen LogP contribution in [0.25, 0.3) is 11.0 Å². The Labute approximate surface area is 164 Å². The van der Waals surface area contributed by atoms with Gasteiger partial charge in [0.05, 0.1) is 10.4 Å². The fourth-order valence-corrected chi connectivity index (χ4v) is 3.64. The minimum atomic E-state index is -1.81. The molecule has 3 aromatic rings. The number of anilines is 1. The average molecular weight is 409 g/mol. The Morgan fingerprint density at radius 3 is 2.71 bits per heavy atom. The van der Waals surface area contributed by atoms with Gasteiger partial charge < -0.3 is 30.4 Å². The van der Waals surface area contributed by atoms with E-state index in [-0.39, 0.29) is 16.4 Å². The summed E-state index contributed by atoms with van der Waals surface area (Å²) in [4.78, 5) is 8.05. The molecule has 0 amide bonds. The maximum atomic E-state index is 13.9. The number of aliphatic hydroxyl groups excluding tert-OH is 2. The second-order valence-electron chi connectivity index (χ2n) is 6.92. The molecule has 148 valence electrons. The molecule has 0 radical (unpaired) electrons. The first-order chi connectivity index (χ1) is 13.2. The standard InChI is InChI=1S/C18H18ClFN4O4/c1-18(27,8-2-3-10(19)11(20)6-8)14-12(25)13(26)17(28-14)24-5-4-9-15(21)22-7-23-16(9)24/h2-7,12-14,17,25-27H,1H3,(H2,21,22,23)/t12-,13+,14-,17+,18?/m0/s1. The number of ether oxygens (including phenoxy) is 1. The first-order valence-electron chi connectivity index (χ1n) is 8.48. The van der Waals surface area contributed by atoms with Gasteiger partial charge in [0.2, 0.25) is 0 Å². The number of fused-ring (bicyclic) bond motifs is 1. The number of halogens is 2. The van der Waals surface area contributed by atoms with Crippen LogP contribution in [0, 0.1) is 5.82 Å². The van der Waals surface area contributed by atoms with Crippen molar-refractivity contribution in [3.8, 4) is 0 Å². The maximum absolute atomic E-state index is 13.9. The first kappa shape index (κ1) is 19.0. The molecule has 0 bridgehead atoms. The van der Waals surface area contributed by atoms with Gasteiger partial charge in [-0.25, -0.2) is 14.4 Å². The van der Waals surface area contributed by atoms with E-state index in [1.54, 1.807) is 12.3 Å². The molecule has 1 saturated heterocycles. The molecule has 1 fully saturated rings. The highest BCUT2D eigenvalue weighted by atomic mass is 35.5. The molecule has 1 aliphatic heterocycles. The molecule has 1 unspecified atom stereocenters. The van der Waals surface area contributed by atoms with Crippen LogP contribution in [0.2, 0.25) is 5.02 Å². The van der Waals surface area contributed by atoms with Gasteiger partial charge in [-0.3, -0.25) is 0 Å². The number of aliphatic hydroxyl groups is 3. The van der Waals surface area contributed by atoms with Crippen molar-refractivity contribution in [2.75, 3.05) is 5.73 Å². The smallest absolute Gasteiger partial charge is 0.164 e. The van der Waals surface area contributed by atoms with E-state index < -0.39 is 36.0 Å². The van der Waals surface area contributed by atoms with Gasteiger partial charge in [0.25, 0.3) is 0 Å². The highest BCUT2D eigenvalue weighted by Crippen LogP contribution is 2.41. The second kappa shape index (κ2) is 6.64. The normalized spacial score (nSPS) is 27.2. The number of rotatable bonds is 3. The molecule has 1 aliphatic rings. The number of aromatic nitrogens is 3. The minimum absolute atomic E-state index is 0.0959. The molecular formula is C18H18ClFN4O4. The SMILES string of the molecule is CC(O)(c1ccc(Cl)c(F)c1)[C@H]1O[C@@H](n2ccc3c(N)ncnc32)[C@H](O)[C@@H]1O. The molecule has 3 heterocycles. The second-order valence-corrected chi connectivity index (χ2v) is 7.33. The summed E-state index contributed by atoms with van der Waals surface area (Å²) in [5, 5.41) is 32.6. The number of nitrogen functional groups attached to an aromatic ring is 1. The van der Waals surface area contributed by atoms with Crippen LogP contribution in [-0.4, -0.2) is 48.2 Å². The number of nitrogens with zero attached hydrogens (tertiary/aromatic N) is 3. The zero-order valence-corrected chi connectivity index (χ0v) is 15.5.